The molecule has 5 nitrogen and oxygen atoms in total. The zero-order valence-electron chi connectivity index (χ0n) is 14.3. The largest absolute Gasteiger partial charge is 0.481 e. The Balaban J connectivity index is 1.84. The lowest BCUT2D eigenvalue weighted by molar-refractivity contribution is 0.399. The molecule has 0 saturated heterocycles. The smallest absolute Gasteiger partial charge is 0.258 e. The number of anilines is 2. The van der Waals surface area contributed by atoms with E-state index in [4.69, 9.17) is 16.3 Å². The van der Waals surface area contributed by atoms with Gasteiger partial charge in [0.2, 0.25) is 5.88 Å². The van der Waals surface area contributed by atoms with Gasteiger partial charge in [0, 0.05) is 34.5 Å². The van der Waals surface area contributed by atoms with Crippen molar-refractivity contribution in [2.24, 2.45) is 0 Å². The van der Waals surface area contributed by atoms with Crippen molar-refractivity contribution in [3.63, 3.8) is 0 Å². The first-order valence-corrected chi connectivity index (χ1v) is 8.63. The molecule has 136 valence electrons. The average molecular weight is 384 g/mol. The summed E-state index contributed by atoms with van der Waals surface area (Å²) in [4.78, 5) is 19.5. The molecular weight excluding hydrogens is 369 g/mol. The van der Waals surface area contributed by atoms with Crippen LogP contribution in [0.25, 0.3) is 17.2 Å². The number of ether oxygens (including phenoxy) is 1. The van der Waals surface area contributed by atoms with Gasteiger partial charge in [0.1, 0.15) is 11.5 Å². The van der Waals surface area contributed by atoms with E-state index >= 15 is 0 Å². The number of nitrogens with zero attached hydrogens (tertiary/aromatic N) is 1. The van der Waals surface area contributed by atoms with Gasteiger partial charge < -0.3 is 10.1 Å². The highest BCUT2D eigenvalue weighted by atomic mass is 35.5. The lowest BCUT2D eigenvalue weighted by Crippen LogP contribution is -2.13. The van der Waals surface area contributed by atoms with Crippen LogP contribution < -0.4 is 15.6 Å². The quantitative estimate of drug-likeness (QED) is 0.693. The molecule has 27 heavy (non-hydrogen) atoms. The molecule has 2 N–H and O–H groups in total. The maximum atomic E-state index is 14.3. The number of H-pyrrole nitrogens is 1. The van der Waals surface area contributed by atoms with Gasteiger partial charge in [-0.15, -0.1) is 0 Å². The molecule has 0 fully saturated rings. The van der Waals surface area contributed by atoms with Gasteiger partial charge in [-0.1, -0.05) is 23.8 Å². The lowest BCUT2D eigenvalue weighted by atomic mass is 10.1. The molecule has 1 aromatic carbocycles. The second-order valence-electron chi connectivity index (χ2n) is 6.03. The summed E-state index contributed by atoms with van der Waals surface area (Å²) in [6.45, 7) is 0. The van der Waals surface area contributed by atoms with Crippen LogP contribution in [0.15, 0.2) is 47.4 Å². The average Bonchev–Trinajstić information content (AvgIpc) is 3.15. The summed E-state index contributed by atoms with van der Waals surface area (Å²) >= 11 is 5.98. The van der Waals surface area contributed by atoms with Gasteiger partial charge in [-0.3, -0.25) is 14.8 Å². The number of rotatable bonds is 4. The molecule has 3 aromatic rings. The van der Waals surface area contributed by atoms with Crippen LogP contribution >= 0.6 is 11.6 Å². The first kappa shape index (κ1) is 17.3. The van der Waals surface area contributed by atoms with Gasteiger partial charge in [0.15, 0.2) is 0 Å². The molecule has 4 rings (SSSR count). The fourth-order valence-electron chi connectivity index (χ4n) is 3.08. The molecule has 0 saturated carbocycles. The number of pyridine rings is 2. The number of nitrogens with one attached hydrogen (secondary N) is 2. The molecule has 2 aromatic heterocycles. The summed E-state index contributed by atoms with van der Waals surface area (Å²) < 4.78 is 19.6. The van der Waals surface area contributed by atoms with Crippen LogP contribution in [0.2, 0.25) is 5.02 Å². The van der Waals surface area contributed by atoms with Gasteiger partial charge in [0.25, 0.3) is 5.56 Å². The number of halogens is 2. The maximum Gasteiger partial charge on any atom is 0.258 e. The third kappa shape index (κ3) is 3.19. The SMILES string of the molecule is COc1[nH]c(=O)c(-c2cc(Cl)ccc2F)cc1Nc1ccnc2c1C=CC2. The van der Waals surface area contributed by atoms with E-state index in [1.165, 1.54) is 25.3 Å². The zero-order valence-corrected chi connectivity index (χ0v) is 15.1. The molecule has 0 radical (unpaired) electrons. The van der Waals surface area contributed by atoms with E-state index in [1.807, 2.05) is 18.2 Å². The molecular formula is C20H15ClFN3O2. The van der Waals surface area contributed by atoms with E-state index in [2.05, 4.69) is 15.3 Å². The Hall–Kier alpha value is -3.12. The molecule has 1 aliphatic rings. The van der Waals surface area contributed by atoms with Crippen molar-refractivity contribution in [3.05, 3.63) is 75.1 Å². The molecule has 0 aliphatic heterocycles. The number of aromatic nitrogens is 2. The minimum Gasteiger partial charge on any atom is -0.481 e. The van der Waals surface area contributed by atoms with Crippen molar-refractivity contribution in [3.8, 4) is 17.0 Å². The van der Waals surface area contributed by atoms with Crippen molar-refractivity contribution in [1.29, 1.82) is 0 Å². The Bertz CT molecular complexity index is 1120. The van der Waals surface area contributed by atoms with Gasteiger partial charge >= 0.3 is 0 Å². The molecule has 0 amide bonds. The second-order valence-corrected chi connectivity index (χ2v) is 6.47. The number of benzene rings is 1. The van der Waals surface area contributed by atoms with E-state index in [0.717, 1.165) is 23.4 Å². The standard InChI is InChI=1S/C20H15ClFN3O2/c1-27-20-18(24-17-7-8-23-16-4-2-3-12(16)17)10-14(19(26)25-20)13-9-11(21)5-6-15(13)22/h2-3,5-10H,4H2,1H3,(H,23,24)(H,25,26). The predicted octanol–water partition coefficient (Wildman–Crippen LogP) is 4.55. The van der Waals surface area contributed by atoms with Crippen molar-refractivity contribution in [2.75, 3.05) is 12.4 Å². The number of hydrogen-bond acceptors (Lipinski definition) is 4. The lowest BCUT2D eigenvalue weighted by Gasteiger charge is -2.15. The van der Waals surface area contributed by atoms with Crippen LogP contribution in [0.4, 0.5) is 15.8 Å². The monoisotopic (exact) mass is 383 g/mol. The van der Waals surface area contributed by atoms with E-state index in [1.54, 1.807) is 12.3 Å². The topological polar surface area (TPSA) is 67.0 Å². The van der Waals surface area contributed by atoms with E-state index < -0.39 is 11.4 Å². The van der Waals surface area contributed by atoms with Crippen molar-refractivity contribution < 1.29 is 9.13 Å². The normalized spacial score (nSPS) is 12.1. The first-order chi connectivity index (χ1) is 13.1. The van der Waals surface area contributed by atoms with Crippen LogP contribution in [-0.2, 0) is 6.42 Å². The van der Waals surface area contributed by atoms with Gasteiger partial charge in [-0.05, 0) is 30.3 Å². The Morgan fingerprint density at radius 3 is 2.89 bits per heavy atom. The molecule has 2 heterocycles. The maximum absolute atomic E-state index is 14.3. The van der Waals surface area contributed by atoms with Gasteiger partial charge in [-0.2, -0.15) is 0 Å². The zero-order chi connectivity index (χ0) is 19.0. The number of allylic oxidation sites excluding steroid dienone is 1. The molecule has 0 atom stereocenters. The summed E-state index contributed by atoms with van der Waals surface area (Å²) in [5, 5.41) is 3.59. The highest BCUT2D eigenvalue weighted by Crippen LogP contribution is 2.33. The Labute approximate surface area is 159 Å². The van der Waals surface area contributed by atoms with Crippen LogP contribution in [0, 0.1) is 5.82 Å². The van der Waals surface area contributed by atoms with Crippen LogP contribution in [0.1, 0.15) is 11.3 Å². The van der Waals surface area contributed by atoms with Gasteiger partial charge in [0.05, 0.1) is 18.4 Å². The minimum atomic E-state index is -0.534. The molecule has 7 heteroatoms. The van der Waals surface area contributed by atoms with Gasteiger partial charge in [-0.25, -0.2) is 4.39 Å². The number of fused-ring (bicyclic) bond motifs is 1. The van der Waals surface area contributed by atoms with Crippen LogP contribution in [0.5, 0.6) is 5.88 Å². The van der Waals surface area contributed by atoms with E-state index in [9.17, 15) is 9.18 Å². The molecule has 0 spiro atoms. The summed E-state index contributed by atoms with van der Waals surface area (Å²) in [5.41, 5.74) is 3.05. The summed E-state index contributed by atoms with van der Waals surface area (Å²) in [7, 11) is 1.45. The number of aromatic amines is 1. The van der Waals surface area contributed by atoms with Crippen molar-refractivity contribution >= 4 is 29.1 Å². The van der Waals surface area contributed by atoms with E-state index in [0.29, 0.717) is 10.7 Å². The summed E-state index contributed by atoms with van der Waals surface area (Å²) in [6, 6.07) is 7.47. The number of hydrogen-bond donors (Lipinski definition) is 2. The third-order valence-electron chi connectivity index (χ3n) is 4.37. The summed E-state index contributed by atoms with van der Waals surface area (Å²) in [5.74, 6) is -0.285. The van der Waals surface area contributed by atoms with Crippen molar-refractivity contribution in [2.45, 2.75) is 6.42 Å². The molecule has 1 aliphatic carbocycles. The van der Waals surface area contributed by atoms with Crippen molar-refractivity contribution in [1.82, 2.24) is 9.97 Å². The minimum absolute atomic E-state index is 0.120. The predicted molar refractivity (Wildman–Crippen MR) is 104 cm³/mol. The number of methoxy groups -OCH3 is 1. The fraction of sp³-hybridized carbons (Fsp3) is 0.100. The van der Waals surface area contributed by atoms with Crippen LogP contribution in [-0.4, -0.2) is 17.1 Å². The second kappa shape index (κ2) is 6.89. The first-order valence-electron chi connectivity index (χ1n) is 8.25. The Morgan fingerprint density at radius 2 is 2.07 bits per heavy atom. The Morgan fingerprint density at radius 1 is 1.22 bits per heavy atom. The van der Waals surface area contributed by atoms with E-state index in [-0.39, 0.29) is 17.0 Å². The molecule has 0 unspecified atom stereocenters. The fourth-order valence-corrected chi connectivity index (χ4v) is 3.25. The van der Waals surface area contributed by atoms with Crippen LogP contribution in [0.3, 0.4) is 0 Å². The highest BCUT2D eigenvalue weighted by Gasteiger charge is 2.17. The Kier molecular flexibility index (Phi) is 4.41. The highest BCUT2D eigenvalue weighted by molar-refractivity contribution is 6.30. The summed E-state index contributed by atoms with van der Waals surface area (Å²) in [6.07, 6.45) is 6.50. The third-order valence-corrected chi connectivity index (χ3v) is 4.60. The molecule has 0 bridgehead atoms.